The first-order chi connectivity index (χ1) is 12.7. The normalized spacial score (nSPS) is 16.3. The molecule has 0 saturated carbocycles. The van der Waals surface area contributed by atoms with Gasteiger partial charge in [-0.25, -0.2) is 4.68 Å². The lowest BCUT2D eigenvalue weighted by molar-refractivity contribution is -0.125. The van der Waals surface area contributed by atoms with Gasteiger partial charge in [-0.3, -0.25) is 4.79 Å². The molecular weight excluding hydrogens is 328 g/mol. The van der Waals surface area contributed by atoms with Gasteiger partial charge < -0.3 is 9.88 Å². The molecule has 134 valence electrons. The first kappa shape index (κ1) is 16.5. The van der Waals surface area contributed by atoms with Gasteiger partial charge in [-0.05, 0) is 37.5 Å². The summed E-state index contributed by atoms with van der Waals surface area (Å²) in [5.74, 6) is 1.97. The lowest BCUT2D eigenvalue weighted by Gasteiger charge is -2.23. The summed E-state index contributed by atoms with van der Waals surface area (Å²) < 4.78 is 3.91. The van der Waals surface area contributed by atoms with E-state index in [4.69, 9.17) is 0 Å². The van der Waals surface area contributed by atoms with Crippen molar-refractivity contribution in [3.05, 3.63) is 59.9 Å². The maximum Gasteiger partial charge on any atom is 0.224 e. The average Bonchev–Trinajstić information content (AvgIpc) is 3.29. The molecule has 0 fully saturated rings. The van der Waals surface area contributed by atoms with Crippen LogP contribution in [0.25, 0.3) is 5.69 Å². The summed E-state index contributed by atoms with van der Waals surface area (Å²) in [6.45, 7) is 3.22. The highest BCUT2D eigenvalue weighted by Gasteiger charge is 2.26. The summed E-state index contributed by atoms with van der Waals surface area (Å²) in [5, 5.41) is 15.7. The summed E-state index contributed by atoms with van der Waals surface area (Å²) in [5.41, 5.74) is 2.14. The number of nitrogens with one attached hydrogen (secondary N) is 1. The third-order valence-corrected chi connectivity index (χ3v) is 4.87. The van der Waals surface area contributed by atoms with Crippen molar-refractivity contribution in [3.63, 3.8) is 0 Å². The molecule has 26 heavy (non-hydrogen) atoms. The molecule has 1 atom stereocenters. The zero-order valence-corrected chi connectivity index (χ0v) is 14.8. The van der Waals surface area contributed by atoms with E-state index in [9.17, 15) is 4.79 Å². The van der Waals surface area contributed by atoms with Crippen LogP contribution >= 0.6 is 0 Å². The monoisotopic (exact) mass is 350 g/mol. The second kappa shape index (κ2) is 7.11. The van der Waals surface area contributed by atoms with Crippen LogP contribution in [0.5, 0.6) is 0 Å². The number of carbonyl (C=O) groups excluding carboxylic acids is 1. The van der Waals surface area contributed by atoms with Crippen LogP contribution in [-0.2, 0) is 24.2 Å². The number of para-hydroxylation sites is 1. The Hall–Kier alpha value is -2.96. The molecule has 1 aliphatic rings. The summed E-state index contributed by atoms with van der Waals surface area (Å²) in [7, 11) is 0. The largest absolute Gasteiger partial charge is 0.355 e. The number of aromatic nitrogens is 5. The van der Waals surface area contributed by atoms with E-state index >= 15 is 0 Å². The van der Waals surface area contributed by atoms with E-state index in [-0.39, 0.29) is 11.8 Å². The Morgan fingerprint density at radius 1 is 1.27 bits per heavy atom. The molecule has 1 aliphatic heterocycles. The van der Waals surface area contributed by atoms with Crippen LogP contribution in [0.4, 0.5) is 0 Å². The van der Waals surface area contributed by atoms with Crippen LogP contribution in [0.1, 0.15) is 23.6 Å². The SMILES string of the molecule is Cc1nnc2n1C[C@H](C(=O)NCCc1cnn(-c3ccccc3)c1)CC2. The summed E-state index contributed by atoms with van der Waals surface area (Å²) in [4.78, 5) is 12.5. The van der Waals surface area contributed by atoms with Crippen LogP contribution in [0.3, 0.4) is 0 Å². The van der Waals surface area contributed by atoms with Gasteiger partial charge in [-0.1, -0.05) is 18.2 Å². The summed E-state index contributed by atoms with van der Waals surface area (Å²) in [6, 6.07) is 10.00. The number of carbonyl (C=O) groups is 1. The maximum atomic E-state index is 12.5. The molecule has 0 bridgehead atoms. The molecule has 3 aromatic rings. The third kappa shape index (κ3) is 3.37. The lowest BCUT2D eigenvalue weighted by Crippen LogP contribution is -2.37. The van der Waals surface area contributed by atoms with Crippen molar-refractivity contribution < 1.29 is 4.79 Å². The van der Waals surface area contributed by atoms with Crippen molar-refractivity contribution in [2.24, 2.45) is 5.92 Å². The highest BCUT2D eigenvalue weighted by Crippen LogP contribution is 2.20. The molecule has 1 N–H and O–H groups in total. The second-order valence-corrected chi connectivity index (χ2v) is 6.68. The minimum absolute atomic E-state index is 0.00996. The smallest absolute Gasteiger partial charge is 0.224 e. The quantitative estimate of drug-likeness (QED) is 0.760. The Morgan fingerprint density at radius 3 is 2.96 bits per heavy atom. The molecule has 0 aliphatic carbocycles. The van der Waals surface area contributed by atoms with Gasteiger partial charge in [0, 0.05) is 25.7 Å². The number of aryl methyl sites for hydroxylation is 2. The Labute approximate surface area is 152 Å². The molecule has 4 rings (SSSR count). The topological polar surface area (TPSA) is 77.6 Å². The predicted molar refractivity (Wildman–Crippen MR) is 96.8 cm³/mol. The highest BCUT2D eigenvalue weighted by atomic mass is 16.1. The minimum atomic E-state index is -0.00996. The van der Waals surface area contributed by atoms with Gasteiger partial charge in [0.1, 0.15) is 11.6 Å². The number of benzene rings is 1. The van der Waals surface area contributed by atoms with Crippen molar-refractivity contribution in [1.82, 2.24) is 29.9 Å². The maximum absolute atomic E-state index is 12.5. The Balaban J connectivity index is 1.29. The Kier molecular flexibility index (Phi) is 4.51. The van der Waals surface area contributed by atoms with Gasteiger partial charge in [0.25, 0.3) is 0 Å². The number of rotatable bonds is 5. The molecule has 7 heteroatoms. The molecule has 0 spiro atoms. The number of amides is 1. The van der Waals surface area contributed by atoms with Gasteiger partial charge in [0.05, 0.1) is 17.8 Å². The summed E-state index contributed by atoms with van der Waals surface area (Å²) in [6.07, 6.45) is 6.27. The predicted octanol–water partition coefficient (Wildman–Crippen LogP) is 1.69. The highest BCUT2D eigenvalue weighted by molar-refractivity contribution is 5.78. The van der Waals surface area contributed by atoms with Gasteiger partial charge >= 0.3 is 0 Å². The lowest BCUT2D eigenvalue weighted by atomic mass is 9.98. The van der Waals surface area contributed by atoms with Crippen LogP contribution < -0.4 is 5.32 Å². The van der Waals surface area contributed by atoms with E-state index in [0.717, 1.165) is 42.2 Å². The molecule has 2 aromatic heterocycles. The standard InChI is InChI=1S/C19H22N6O/c1-14-22-23-18-8-7-16(13-24(14)18)19(26)20-10-9-15-11-21-25(12-15)17-5-3-2-4-6-17/h2-6,11-12,16H,7-10,13H2,1H3,(H,20,26)/t16-/m1/s1. The number of hydrogen-bond donors (Lipinski definition) is 1. The Bertz CT molecular complexity index is 898. The van der Waals surface area contributed by atoms with Crippen molar-refractivity contribution in [1.29, 1.82) is 0 Å². The number of hydrogen-bond acceptors (Lipinski definition) is 4. The van der Waals surface area contributed by atoms with Gasteiger partial charge in [0.2, 0.25) is 5.91 Å². The van der Waals surface area contributed by atoms with Gasteiger partial charge in [0.15, 0.2) is 0 Å². The average molecular weight is 350 g/mol. The zero-order valence-electron chi connectivity index (χ0n) is 14.8. The van der Waals surface area contributed by atoms with Crippen molar-refractivity contribution in [2.45, 2.75) is 32.7 Å². The minimum Gasteiger partial charge on any atom is -0.355 e. The summed E-state index contributed by atoms with van der Waals surface area (Å²) >= 11 is 0. The second-order valence-electron chi connectivity index (χ2n) is 6.68. The molecule has 1 amide bonds. The molecule has 0 radical (unpaired) electrons. The number of nitrogens with zero attached hydrogens (tertiary/aromatic N) is 5. The fraction of sp³-hybridized carbons (Fsp3) is 0.368. The third-order valence-electron chi connectivity index (χ3n) is 4.87. The molecule has 0 saturated heterocycles. The van der Waals surface area contributed by atoms with Crippen LogP contribution in [0, 0.1) is 12.8 Å². The molecular formula is C19H22N6O. The van der Waals surface area contributed by atoms with Crippen LogP contribution in [-0.4, -0.2) is 37.0 Å². The van der Waals surface area contributed by atoms with E-state index in [2.05, 4.69) is 25.2 Å². The first-order valence-corrected chi connectivity index (χ1v) is 8.96. The van der Waals surface area contributed by atoms with E-state index < -0.39 is 0 Å². The van der Waals surface area contributed by atoms with Crippen molar-refractivity contribution in [2.75, 3.05) is 6.54 Å². The first-order valence-electron chi connectivity index (χ1n) is 8.96. The van der Waals surface area contributed by atoms with E-state index in [0.29, 0.717) is 13.1 Å². The van der Waals surface area contributed by atoms with Crippen LogP contribution in [0.2, 0.25) is 0 Å². The molecule has 0 unspecified atom stereocenters. The Morgan fingerprint density at radius 2 is 2.12 bits per heavy atom. The zero-order chi connectivity index (χ0) is 17.9. The molecule has 1 aromatic carbocycles. The van der Waals surface area contributed by atoms with E-state index in [1.165, 1.54) is 0 Å². The van der Waals surface area contributed by atoms with E-state index in [1.807, 2.05) is 54.3 Å². The fourth-order valence-electron chi connectivity index (χ4n) is 3.36. The van der Waals surface area contributed by atoms with Crippen molar-refractivity contribution in [3.8, 4) is 5.69 Å². The van der Waals surface area contributed by atoms with E-state index in [1.54, 1.807) is 0 Å². The van der Waals surface area contributed by atoms with Crippen molar-refractivity contribution >= 4 is 5.91 Å². The van der Waals surface area contributed by atoms with Gasteiger partial charge in [-0.15, -0.1) is 10.2 Å². The van der Waals surface area contributed by atoms with Crippen LogP contribution in [0.15, 0.2) is 42.7 Å². The number of fused-ring (bicyclic) bond motifs is 1. The fourth-order valence-corrected chi connectivity index (χ4v) is 3.36. The molecule has 3 heterocycles. The van der Waals surface area contributed by atoms with Gasteiger partial charge in [-0.2, -0.15) is 5.10 Å². The molecule has 7 nitrogen and oxygen atoms in total.